The smallest absolute Gasteiger partial charge is 0.169 e. The lowest BCUT2D eigenvalue weighted by Gasteiger charge is -2.15. The van der Waals surface area contributed by atoms with Crippen molar-refractivity contribution in [1.82, 2.24) is 0 Å². The van der Waals surface area contributed by atoms with E-state index >= 15 is 0 Å². The SMILES string of the molecule is CCNc1cc2ccc(OC)c(OC)c2c2ccccc12. The summed E-state index contributed by atoms with van der Waals surface area (Å²) in [4.78, 5) is 0. The van der Waals surface area contributed by atoms with E-state index in [4.69, 9.17) is 9.47 Å². The average molecular weight is 281 g/mol. The van der Waals surface area contributed by atoms with E-state index in [1.807, 2.05) is 6.07 Å². The Balaban J connectivity index is 2.47. The zero-order valence-corrected chi connectivity index (χ0v) is 12.6. The lowest BCUT2D eigenvalue weighted by Crippen LogP contribution is -1.98. The summed E-state index contributed by atoms with van der Waals surface area (Å²) in [5, 5.41) is 8.03. The Hall–Kier alpha value is -2.42. The van der Waals surface area contributed by atoms with Crippen LogP contribution in [0, 0.1) is 0 Å². The summed E-state index contributed by atoms with van der Waals surface area (Å²) in [6, 6.07) is 14.6. The van der Waals surface area contributed by atoms with Crippen molar-refractivity contribution in [2.75, 3.05) is 26.1 Å². The number of fused-ring (bicyclic) bond motifs is 3. The number of hydrogen-bond acceptors (Lipinski definition) is 3. The number of nitrogens with one attached hydrogen (secondary N) is 1. The number of ether oxygens (including phenoxy) is 2. The fourth-order valence-electron chi connectivity index (χ4n) is 2.85. The quantitative estimate of drug-likeness (QED) is 0.717. The largest absolute Gasteiger partial charge is 0.493 e. The second kappa shape index (κ2) is 5.52. The molecule has 0 aromatic heterocycles. The molecule has 0 radical (unpaired) electrons. The van der Waals surface area contributed by atoms with Gasteiger partial charge in [0.25, 0.3) is 0 Å². The summed E-state index contributed by atoms with van der Waals surface area (Å²) < 4.78 is 11.0. The highest BCUT2D eigenvalue weighted by Crippen LogP contribution is 2.41. The van der Waals surface area contributed by atoms with Gasteiger partial charge in [0.2, 0.25) is 0 Å². The van der Waals surface area contributed by atoms with Gasteiger partial charge in [-0.3, -0.25) is 0 Å². The minimum atomic E-state index is 0.756. The van der Waals surface area contributed by atoms with Crippen LogP contribution < -0.4 is 14.8 Å². The lowest BCUT2D eigenvalue weighted by atomic mass is 9.99. The number of anilines is 1. The number of methoxy groups -OCH3 is 2. The molecule has 3 rings (SSSR count). The zero-order valence-electron chi connectivity index (χ0n) is 12.6. The summed E-state index contributed by atoms with van der Waals surface area (Å²) >= 11 is 0. The predicted molar refractivity (Wildman–Crippen MR) is 88.7 cm³/mol. The standard InChI is InChI=1S/C18H19NO2/c1-4-19-15-11-12-9-10-16(20-2)18(21-3)17(12)14-8-6-5-7-13(14)15/h5-11,19H,4H2,1-3H3. The van der Waals surface area contributed by atoms with Crippen molar-refractivity contribution in [3.05, 3.63) is 42.5 Å². The lowest BCUT2D eigenvalue weighted by molar-refractivity contribution is 0.359. The van der Waals surface area contributed by atoms with Gasteiger partial charge in [0.15, 0.2) is 11.5 Å². The van der Waals surface area contributed by atoms with Crippen LogP contribution in [0.3, 0.4) is 0 Å². The first-order valence-corrected chi connectivity index (χ1v) is 7.10. The summed E-state index contributed by atoms with van der Waals surface area (Å²) in [7, 11) is 3.35. The van der Waals surface area contributed by atoms with Crippen molar-refractivity contribution in [3.63, 3.8) is 0 Å². The van der Waals surface area contributed by atoms with E-state index in [2.05, 4.69) is 48.6 Å². The van der Waals surface area contributed by atoms with Gasteiger partial charge in [0.05, 0.1) is 14.2 Å². The number of rotatable bonds is 4. The van der Waals surface area contributed by atoms with Gasteiger partial charge in [-0.2, -0.15) is 0 Å². The van der Waals surface area contributed by atoms with Crippen LogP contribution in [0.5, 0.6) is 11.5 Å². The molecule has 0 atom stereocenters. The molecule has 3 aromatic carbocycles. The third-order valence-electron chi connectivity index (χ3n) is 3.73. The molecule has 21 heavy (non-hydrogen) atoms. The monoisotopic (exact) mass is 281 g/mol. The Morgan fingerprint density at radius 2 is 1.71 bits per heavy atom. The van der Waals surface area contributed by atoms with Crippen LogP contribution in [0.15, 0.2) is 42.5 Å². The zero-order chi connectivity index (χ0) is 14.8. The molecule has 0 saturated carbocycles. The van der Waals surface area contributed by atoms with Crippen LogP contribution in [0.4, 0.5) is 5.69 Å². The summed E-state index contributed by atoms with van der Waals surface area (Å²) in [5.41, 5.74) is 1.15. The molecule has 0 unspecified atom stereocenters. The van der Waals surface area contributed by atoms with Gasteiger partial charge in [0.1, 0.15) is 0 Å². The van der Waals surface area contributed by atoms with Gasteiger partial charge in [-0.25, -0.2) is 0 Å². The number of benzene rings is 3. The highest BCUT2D eigenvalue weighted by molar-refractivity contribution is 6.16. The van der Waals surface area contributed by atoms with Crippen LogP contribution in [-0.4, -0.2) is 20.8 Å². The van der Waals surface area contributed by atoms with Gasteiger partial charge in [-0.1, -0.05) is 30.3 Å². The molecule has 108 valence electrons. The Morgan fingerprint density at radius 3 is 2.38 bits per heavy atom. The van der Waals surface area contributed by atoms with Gasteiger partial charge < -0.3 is 14.8 Å². The molecule has 0 bridgehead atoms. The second-order valence-corrected chi connectivity index (χ2v) is 4.90. The van der Waals surface area contributed by atoms with Gasteiger partial charge in [-0.15, -0.1) is 0 Å². The maximum atomic E-state index is 5.61. The molecule has 0 heterocycles. The van der Waals surface area contributed by atoms with Crippen molar-refractivity contribution in [3.8, 4) is 11.5 Å². The summed E-state index contributed by atoms with van der Waals surface area (Å²) in [6.45, 7) is 3.00. The van der Waals surface area contributed by atoms with E-state index in [0.29, 0.717) is 0 Å². The normalized spacial score (nSPS) is 10.8. The second-order valence-electron chi connectivity index (χ2n) is 4.90. The molecule has 0 aliphatic carbocycles. The molecule has 1 N–H and O–H groups in total. The summed E-state index contributed by atoms with van der Waals surface area (Å²) in [6.07, 6.45) is 0. The van der Waals surface area contributed by atoms with Crippen LogP contribution in [0.1, 0.15) is 6.92 Å². The molecular weight excluding hydrogens is 262 g/mol. The Labute approximate surface area is 124 Å². The average Bonchev–Trinajstić information content (AvgIpc) is 2.54. The first-order chi connectivity index (χ1) is 10.3. The van der Waals surface area contributed by atoms with Crippen molar-refractivity contribution in [1.29, 1.82) is 0 Å². The first kappa shape index (κ1) is 13.6. The Bertz CT molecular complexity index is 796. The van der Waals surface area contributed by atoms with Crippen LogP contribution in [0.25, 0.3) is 21.5 Å². The van der Waals surface area contributed by atoms with E-state index in [0.717, 1.165) is 34.5 Å². The van der Waals surface area contributed by atoms with Crippen molar-refractivity contribution in [2.24, 2.45) is 0 Å². The molecule has 3 heteroatoms. The molecule has 0 aliphatic rings. The minimum absolute atomic E-state index is 0.756. The van der Waals surface area contributed by atoms with Crippen molar-refractivity contribution < 1.29 is 9.47 Å². The predicted octanol–water partition coefficient (Wildman–Crippen LogP) is 4.44. The van der Waals surface area contributed by atoms with Crippen molar-refractivity contribution >= 4 is 27.2 Å². The van der Waals surface area contributed by atoms with E-state index in [-0.39, 0.29) is 0 Å². The van der Waals surface area contributed by atoms with Crippen molar-refractivity contribution in [2.45, 2.75) is 6.92 Å². The molecule has 3 aromatic rings. The van der Waals surface area contributed by atoms with E-state index in [9.17, 15) is 0 Å². The van der Waals surface area contributed by atoms with Crippen LogP contribution in [0.2, 0.25) is 0 Å². The highest BCUT2D eigenvalue weighted by Gasteiger charge is 2.14. The topological polar surface area (TPSA) is 30.5 Å². The number of hydrogen-bond donors (Lipinski definition) is 1. The van der Waals surface area contributed by atoms with Crippen LogP contribution >= 0.6 is 0 Å². The molecule has 3 nitrogen and oxygen atoms in total. The fraction of sp³-hybridized carbons (Fsp3) is 0.222. The Morgan fingerprint density at radius 1 is 0.952 bits per heavy atom. The minimum Gasteiger partial charge on any atom is -0.493 e. The third-order valence-corrected chi connectivity index (χ3v) is 3.73. The molecule has 0 saturated heterocycles. The molecule has 0 aliphatic heterocycles. The molecular formula is C18H19NO2. The van der Waals surface area contributed by atoms with Crippen LogP contribution in [-0.2, 0) is 0 Å². The fourth-order valence-corrected chi connectivity index (χ4v) is 2.85. The van der Waals surface area contributed by atoms with E-state index < -0.39 is 0 Å². The van der Waals surface area contributed by atoms with E-state index in [1.165, 1.54) is 10.8 Å². The Kier molecular flexibility index (Phi) is 3.57. The molecule has 0 fully saturated rings. The third kappa shape index (κ3) is 2.15. The van der Waals surface area contributed by atoms with Gasteiger partial charge >= 0.3 is 0 Å². The van der Waals surface area contributed by atoms with Gasteiger partial charge in [-0.05, 0) is 29.8 Å². The van der Waals surface area contributed by atoms with E-state index in [1.54, 1.807) is 14.2 Å². The van der Waals surface area contributed by atoms with Gasteiger partial charge in [0, 0.05) is 23.0 Å². The maximum Gasteiger partial charge on any atom is 0.169 e. The molecule has 0 amide bonds. The summed E-state index contributed by atoms with van der Waals surface area (Å²) in [5.74, 6) is 1.54. The maximum absolute atomic E-state index is 5.61. The molecule has 0 spiro atoms. The first-order valence-electron chi connectivity index (χ1n) is 7.10. The highest BCUT2D eigenvalue weighted by atomic mass is 16.5.